The second-order valence-corrected chi connectivity index (χ2v) is 14.5. The molecular formula is C37H46N4O5S. The Morgan fingerprint density at radius 1 is 1.00 bits per heavy atom. The Hall–Kier alpha value is -3.44. The SMILES string of the molecule is C=CCN(CCN1CCOCC1)C(=O)C1N([C@H](CO)c2ccccc2)C(=O)[C@@H]2[C@@H](C(=O)N(CC=C)Cc3ccccc3)[C@H]3CCC12S3. The molecule has 250 valence electrons. The largest absolute Gasteiger partial charge is 0.394 e. The molecular weight excluding hydrogens is 612 g/mol. The molecule has 2 unspecified atom stereocenters. The summed E-state index contributed by atoms with van der Waals surface area (Å²) in [5.74, 6) is -1.67. The van der Waals surface area contributed by atoms with Crippen molar-refractivity contribution in [3.63, 3.8) is 0 Å². The lowest BCUT2D eigenvalue weighted by atomic mass is 9.70. The van der Waals surface area contributed by atoms with Crippen molar-refractivity contribution in [2.24, 2.45) is 11.8 Å². The fraction of sp³-hybridized carbons (Fsp3) is 0.486. The first kappa shape index (κ1) is 33.5. The Bertz CT molecular complexity index is 1440. The van der Waals surface area contributed by atoms with E-state index in [4.69, 9.17) is 4.74 Å². The van der Waals surface area contributed by atoms with Crippen LogP contribution in [0.4, 0.5) is 0 Å². The van der Waals surface area contributed by atoms with E-state index in [1.165, 1.54) is 0 Å². The predicted molar refractivity (Wildman–Crippen MR) is 183 cm³/mol. The monoisotopic (exact) mass is 658 g/mol. The van der Waals surface area contributed by atoms with Crippen molar-refractivity contribution < 1.29 is 24.2 Å². The number of benzene rings is 2. The number of aliphatic hydroxyl groups excluding tert-OH is 1. The van der Waals surface area contributed by atoms with Crippen molar-refractivity contribution in [3.8, 4) is 0 Å². The topological polar surface area (TPSA) is 93.6 Å². The van der Waals surface area contributed by atoms with Crippen LogP contribution >= 0.6 is 11.8 Å². The van der Waals surface area contributed by atoms with Gasteiger partial charge in [0.05, 0.1) is 42.4 Å². The van der Waals surface area contributed by atoms with Crippen LogP contribution < -0.4 is 0 Å². The number of aliphatic hydroxyl groups is 1. The van der Waals surface area contributed by atoms with E-state index >= 15 is 0 Å². The van der Waals surface area contributed by atoms with Gasteiger partial charge in [-0.25, -0.2) is 0 Å². The van der Waals surface area contributed by atoms with Crippen LogP contribution in [0.15, 0.2) is 86.0 Å². The highest BCUT2D eigenvalue weighted by Crippen LogP contribution is 2.67. The Morgan fingerprint density at radius 3 is 2.32 bits per heavy atom. The summed E-state index contributed by atoms with van der Waals surface area (Å²) in [6.45, 7) is 12.8. The lowest BCUT2D eigenvalue weighted by Gasteiger charge is -2.40. The third kappa shape index (κ3) is 6.40. The van der Waals surface area contributed by atoms with Gasteiger partial charge in [-0.1, -0.05) is 72.8 Å². The summed E-state index contributed by atoms with van der Waals surface area (Å²) in [7, 11) is 0. The maximum Gasteiger partial charge on any atom is 0.247 e. The van der Waals surface area contributed by atoms with Gasteiger partial charge in [-0.15, -0.1) is 24.9 Å². The molecule has 0 aliphatic carbocycles. The Labute approximate surface area is 282 Å². The van der Waals surface area contributed by atoms with E-state index in [1.54, 1.807) is 33.7 Å². The van der Waals surface area contributed by atoms with Crippen LogP contribution in [-0.2, 0) is 25.7 Å². The van der Waals surface area contributed by atoms with E-state index in [1.807, 2.05) is 65.6 Å². The summed E-state index contributed by atoms with van der Waals surface area (Å²) in [6.07, 6.45) is 4.87. The molecule has 4 saturated heterocycles. The van der Waals surface area contributed by atoms with Gasteiger partial charge in [-0.05, 0) is 24.0 Å². The Morgan fingerprint density at radius 2 is 1.66 bits per heavy atom. The van der Waals surface area contributed by atoms with E-state index in [9.17, 15) is 19.5 Å². The zero-order valence-electron chi connectivity index (χ0n) is 27.0. The molecule has 1 N–H and O–H groups in total. The third-order valence-electron chi connectivity index (χ3n) is 10.3. The van der Waals surface area contributed by atoms with E-state index in [-0.39, 0.29) is 29.6 Å². The summed E-state index contributed by atoms with van der Waals surface area (Å²) in [5, 5.41) is 10.8. The fourth-order valence-electron chi connectivity index (χ4n) is 8.13. The van der Waals surface area contributed by atoms with Gasteiger partial charge in [0, 0.05) is 51.1 Å². The molecule has 9 nitrogen and oxygen atoms in total. The van der Waals surface area contributed by atoms with Crippen molar-refractivity contribution in [2.75, 3.05) is 59.1 Å². The second-order valence-electron chi connectivity index (χ2n) is 12.9. The Kier molecular flexibility index (Phi) is 10.5. The number of carbonyl (C=O) groups is 3. The van der Waals surface area contributed by atoms with Crippen LogP contribution in [-0.4, -0.2) is 118 Å². The highest BCUT2D eigenvalue weighted by atomic mass is 32.2. The van der Waals surface area contributed by atoms with Crippen molar-refractivity contribution in [2.45, 2.75) is 41.5 Å². The minimum Gasteiger partial charge on any atom is -0.394 e. The van der Waals surface area contributed by atoms with Gasteiger partial charge >= 0.3 is 0 Å². The first-order valence-corrected chi connectivity index (χ1v) is 17.6. The second kappa shape index (κ2) is 14.8. The van der Waals surface area contributed by atoms with Gasteiger partial charge in [0.15, 0.2) is 0 Å². The summed E-state index contributed by atoms with van der Waals surface area (Å²) in [5.41, 5.74) is 1.77. The van der Waals surface area contributed by atoms with Gasteiger partial charge in [0.25, 0.3) is 0 Å². The van der Waals surface area contributed by atoms with Crippen LogP contribution in [0.25, 0.3) is 0 Å². The number of likely N-dealkylation sites (tertiary alicyclic amines) is 1. The number of rotatable bonds is 14. The lowest BCUT2D eigenvalue weighted by molar-refractivity contribution is -0.147. The van der Waals surface area contributed by atoms with Crippen LogP contribution in [0.3, 0.4) is 0 Å². The standard InChI is InChI=1S/C37H46N4O5S/c1-3-17-39(20-19-38-21-23-46-24-22-38)36(45)33-37-16-15-30(47-37)31(34(43)40(18-4-2)25-27-11-7-5-8-12-27)32(37)35(44)41(33)29(26-42)28-13-9-6-10-14-28/h3-14,29-33,42H,1-2,15-26H2/t29-,30-,31+,32+,33?,37?/m1/s1. The van der Waals surface area contributed by atoms with E-state index in [0.29, 0.717) is 52.4 Å². The third-order valence-corrected chi connectivity index (χ3v) is 12.2. The average Bonchev–Trinajstić information content (AvgIpc) is 3.75. The molecule has 0 radical (unpaired) electrons. The summed E-state index contributed by atoms with van der Waals surface area (Å²) >= 11 is 1.66. The molecule has 4 aliphatic rings. The number of hydrogen-bond donors (Lipinski definition) is 1. The smallest absolute Gasteiger partial charge is 0.247 e. The molecule has 6 rings (SSSR count). The van der Waals surface area contributed by atoms with Crippen molar-refractivity contribution in [3.05, 3.63) is 97.1 Å². The maximum absolute atomic E-state index is 14.9. The summed E-state index contributed by atoms with van der Waals surface area (Å²) < 4.78 is 4.75. The first-order chi connectivity index (χ1) is 22.9. The number of nitrogens with zero attached hydrogens (tertiary/aromatic N) is 4. The van der Waals surface area contributed by atoms with E-state index in [2.05, 4.69) is 18.1 Å². The Balaban J connectivity index is 1.36. The number of fused-ring (bicyclic) bond motifs is 1. The number of morpholine rings is 1. The average molecular weight is 659 g/mol. The van der Waals surface area contributed by atoms with Gasteiger partial charge in [-0.2, -0.15) is 0 Å². The predicted octanol–water partition coefficient (Wildman–Crippen LogP) is 3.37. The van der Waals surface area contributed by atoms with Crippen LogP contribution in [0.1, 0.15) is 30.0 Å². The normalized spacial score (nSPS) is 27.3. The molecule has 6 atom stereocenters. The van der Waals surface area contributed by atoms with Crippen LogP contribution in [0.5, 0.6) is 0 Å². The highest BCUT2D eigenvalue weighted by molar-refractivity contribution is 8.02. The molecule has 4 fully saturated rings. The molecule has 1 spiro atoms. The van der Waals surface area contributed by atoms with Crippen molar-refractivity contribution in [1.29, 1.82) is 0 Å². The van der Waals surface area contributed by atoms with Crippen LogP contribution in [0, 0.1) is 11.8 Å². The zero-order valence-corrected chi connectivity index (χ0v) is 27.8. The van der Waals surface area contributed by atoms with Crippen molar-refractivity contribution in [1.82, 2.24) is 19.6 Å². The maximum atomic E-state index is 14.9. The fourth-order valence-corrected chi connectivity index (χ4v) is 10.3. The van der Waals surface area contributed by atoms with Crippen LogP contribution in [0.2, 0.25) is 0 Å². The molecule has 2 bridgehead atoms. The molecule has 0 aromatic heterocycles. The van der Waals surface area contributed by atoms with Gasteiger partial charge in [0.1, 0.15) is 6.04 Å². The number of carbonyl (C=O) groups excluding carboxylic acids is 3. The van der Waals surface area contributed by atoms with E-state index in [0.717, 1.165) is 30.6 Å². The van der Waals surface area contributed by atoms with Gasteiger partial charge in [0.2, 0.25) is 17.7 Å². The molecule has 2 aromatic carbocycles. The molecule has 4 aliphatic heterocycles. The molecule has 0 saturated carbocycles. The number of amides is 3. The molecule has 3 amide bonds. The minimum absolute atomic E-state index is 0.0671. The quantitative estimate of drug-likeness (QED) is 0.311. The highest BCUT2D eigenvalue weighted by Gasteiger charge is 2.74. The summed E-state index contributed by atoms with van der Waals surface area (Å²) in [6, 6.07) is 17.7. The summed E-state index contributed by atoms with van der Waals surface area (Å²) in [4.78, 5) is 51.9. The van der Waals surface area contributed by atoms with Crippen molar-refractivity contribution >= 4 is 29.5 Å². The molecule has 2 aromatic rings. The zero-order chi connectivity index (χ0) is 33.0. The molecule has 4 heterocycles. The van der Waals surface area contributed by atoms with E-state index < -0.39 is 28.7 Å². The minimum atomic E-state index is -0.822. The molecule has 47 heavy (non-hydrogen) atoms. The van der Waals surface area contributed by atoms with Gasteiger partial charge < -0.3 is 24.5 Å². The first-order valence-electron chi connectivity index (χ1n) is 16.7. The van der Waals surface area contributed by atoms with Gasteiger partial charge in [-0.3, -0.25) is 19.3 Å². The number of thioether (sulfide) groups is 1. The number of ether oxygens (including phenoxy) is 1. The molecule has 10 heteroatoms. The lowest BCUT2D eigenvalue weighted by Crippen LogP contribution is -2.56. The number of hydrogen-bond acceptors (Lipinski definition) is 7.